The third kappa shape index (κ3) is 6.53. The number of thiazole rings is 1. The molecule has 0 unspecified atom stereocenters. The fourth-order valence-corrected chi connectivity index (χ4v) is 15.2. The molecular weight excluding hydrogens is 953 g/mol. The predicted octanol–water partition coefficient (Wildman–Crippen LogP) is 20.1. The van der Waals surface area contributed by atoms with Crippen LogP contribution < -0.4 is 4.90 Å². The summed E-state index contributed by atoms with van der Waals surface area (Å²) in [6, 6.07) is 80.4. The first-order valence-corrected chi connectivity index (χ1v) is 28.5. The summed E-state index contributed by atoms with van der Waals surface area (Å²) in [7, 11) is 0. The average molecular weight is 1010 g/mol. The molecule has 0 aliphatic heterocycles. The maximum atomic E-state index is 5.13. The van der Waals surface area contributed by atoms with Gasteiger partial charge in [-0.2, -0.15) is 0 Å². The van der Waals surface area contributed by atoms with Crippen molar-refractivity contribution in [3.63, 3.8) is 0 Å². The molecule has 5 heteroatoms. The van der Waals surface area contributed by atoms with E-state index in [1.165, 1.54) is 110 Å². The van der Waals surface area contributed by atoms with Crippen LogP contribution in [0.4, 0.5) is 17.1 Å². The van der Waals surface area contributed by atoms with Gasteiger partial charge in [0.05, 0.1) is 32.3 Å². The molecule has 3 aromatic heterocycles. The second-order valence-electron chi connectivity index (χ2n) is 21.6. The molecule has 0 saturated carbocycles. The quantitative estimate of drug-likeness (QED) is 0.136. The lowest BCUT2D eigenvalue weighted by Crippen LogP contribution is -2.24. The van der Waals surface area contributed by atoms with Crippen molar-refractivity contribution in [2.75, 3.05) is 4.90 Å². The second-order valence-corrected chi connectivity index (χ2v) is 22.6. The number of aromatic nitrogens is 3. The number of fused-ring (bicyclic) bond motifs is 13. The van der Waals surface area contributed by atoms with Gasteiger partial charge in [-0.3, -0.25) is 0 Å². The van der Waals surface area contributed by atoms with E-state index in [9.17, 15) is 0 Å². The Morgan fingerprint density at radius 1 is 0.403 bits per heavy atom. The molecule has 2 aliphatic rings. The second kappa shape index (κ2) is 17.3. The van der Waals surface area contributed by atoms with Crippen LogP contribution in [0.1, 0.15) is 81.2 Å². The van der Waals surface area contributed by atoms with E-state index in [-0.39, 0.29) is 10.8 Å². The molecule has 15 rings (SSSR count). The Labute approximate surface area is 454 Å². The molecule has 372 valence electrons. The molecule has 4 nitrogen and oxygen atoms in total. The highest BCUT2D eigenvalue weighted by molar-refractivity contribution is 7.21. The number of hydrogen-bond acceptors (Lipinski definition) is 3. The first-order valence-electron chi connectivity index (χ1n) is 27.7. The van der Waals surface area contributed by atoms with Crippen molar-refractivity contribution < 1.29 is 0 Å². The fraction of sp³-hybridized carbons (Fsp3) is 0.153. The number of rotatable bonds is 10. The summed E-state index contributed by atoms with van der Waals surface area (Å²) in [5.74, 6) is 0. The van der Waals surface area contributed by atoms with E-state index in [2.05, 4.69) is 261 Å². The van der Waals surface area contributed by atoms with Crippen LogP contribution in [0.25, 0.3) is 98.0 Å². The lowest BCUT2D eigenvalue weighted by atomic mass is 9.73. The molecule has 0 radical (unpaired) electrons. The topological polar surface area (TPSA) is 26.0 Å². The molecule has 0 N–H and O–H groups in total. The van der Waals surface area contributed by atoms with Gasteiger partial charge in [-0.1, -0.05) is 131 Å². The van der Waals surface area contributed by atoms with Crippen LogP contribution >= 0.6 is 11.3 Å². The summed E-state index contributed by atoms with van der Waals surface area (Å²) in [4.78, 5) is 7.65. The molecule has 0 spiro atoms. The molecule has 77 heavy (non-hydrogen) atoms. The van der Waals surface area contributed by atoms with E-state index >= 15 is 0 Å². The maximum Gasteiger partial charge on any atom is 0.124 e. The van der Waals surface area contributed by atoms with Crippen LogP contribution in [0.5, 0.6) is 0 Å². The smallest absolute Gasteiger partial charge is 0.124 e. The highest BCUT2D eigenvalue weighted by atomic mass is 32.1. The molecule has 0 amide bonds. The Kier molecular flexibility index (Phi) is 10.3. The van der Waals surface area contributed by atoms with E-state index in [1.807, 2.05) is 0 Å². The standard InChI is InChI=1S/C72H58N4S/c1-6-71(7-2)60-41-48(31-35-52(60)54-37-33-50(43-62(54)71)75-65-22-14-10-18-56(65)57-19-11-15-23-66(57)75)74(47-29-27-46(28-30-47)70-73-64-40-45(5)26-39-69(64)77-70)49-32-36-53-55-38-34-51(44-63(55)72(8-3,9-4)61(53)42-49)76-67-24-16-12-20-58(67)59-21-13-17-25-68(59)76/h10-44H,6-9H2,1-5H3. The normalized spacial score (nSPS) is 13.9. The highest BCUT2D eigenvalue weighted by Crippen LogP contribution is 2.57. The number of anilines is 3. The summed E-state index contributed by atoms with van der Waals surface area (Å²) in [5, 5.41) is 6.18. The van der Waals surface area contributed by atoms with Crippen LogP contribution in [0.3, 0.4) is 0 Å². The van der Waals surface area contributed by atoms with Crippen molar-refractivity contribution in [2.24, 2.45) is 0 Å². The van der Waals surface area contributed by atoms with Crippen molar-refractivity contribution in [1.82, 2.24) is 14.1 Å². The van der Waals surface area contributed by atoms with Crippen molar-refractivity contribution >= 4 is 82.2 Å². The first-order chi connectivity index (χ1) is 37.8. The zero-order chi connectivity index (χ0) is 51.7. The van der Waals surface area contributed by atoms with Crippen LogP contribution in [0.2, 0.25) is 0 Å². The first kappa shape index (κ1) is 45.8. The average Bonchev–Trinajstić information content (AvgIpc) is 4.46. The van der Waals surface area contributed by atoms with Gasteiger partial charge in [0.1, 0.15) is 5.01 Å². The summed E-state index contributed by atoms with van der Waals surface area (Å²) < 4.78 is 6.16. The summed E-state index contributed by atoms with van der Waals surface area (Å²) in [5.41, 5.74) is 24.9. The van der Waals surface area contributed by atoms with E-state index in [0.717, 1.165) is 58.8 Å². The highest BCUT2D eigenvalue weighted by Gasteiger charge is 2.43. The van der Waals surface area contributed by atoms with Crippen LogP contribution in [0.15, 0.2) is 212 Å². The number of aryl methyl sites for hydroxylation is 1. The van der Waals surface area contributed by atoms with Gasteiger partial charge in [-0.25, -0.2) is 4.98 Å². The summed E-state index contributed by atoms with van der Waals surface area (Å²) in [6.45, 7) is 11.7. The van der Waals surface area contributed by atoms with Crippen LogP contribution in [-0.2, 0) is 10.8 Å². The summed E-state index contributed by atoms with van der Waals surface area (Å²) in [6.07, 6.45) is 3.96. The van der Waals surface area contributed by atoms with Crippen molar-refractivity contribution in [3.05, 3.63) is 240 Å². The SMILES string of the molecule is CCC1(CC)c2cc(N(c3ccc(-c4nc5cc(C)ccc5s4)cc3)c3ccc4c(c3)C(CC)(CC)c3cc(-n5c6ccccc6c6ccccc65)ccc3-4)ccc2-c2ccc(-n3c4ccccc4c4ccccc43)cc21. The van der Waals surface area contributed by atoms with Gasteiger partial charge in [-0.15, -0.1) is 11.3 Å². The molecular formula is C72H58N4S. The van der Waals surface area contributed by atoms with Gasteiger partial charge in [0.2, 0.25) is 0 Å². The molecule has 0 fully saturated rings. The Bertz CT molecular complexity index is 4200. The number of para-hydroxylation sites is 4. The van der Waals surface area contributed by atoms with Gasteiger partial charge in [0, 0.05) is 66.4 Å². The van der Waals surface area contributed by atoms with E-state index in [4.69, 9.17) is 4.98 Å². The maximum absolute atomic E-state index is 5.13. The zero-order valence-corrected chi connectivity index (χ0v) is 45.0. The van der Waals surface area contributed by atoms with Crippen LogP contribution in [-0.4, -0.2) is 14.1 Å². The molecule has 3 heterocycles. The minimum Gasteiger partial charge on any atom is -0.310 e. The van der Waals surface area contributed by atoms with Gasteiger partial charge >= 0.3 is 0 Å². The van der Waals surface area contributed by atoms with Crippen LogP contribution in [0, 0.1) is 6.92 Å². The molecule has 10 aromatic carbocycles. The number of benzene rings is 10. The van der Waals surface area contributed by atoms with Crippen molar-refractivity contribution in [2.45, 2.75) is 71.1 Å². The molecule has 0 bridgehead atoms. The van der Waals surface area contributed by atoms with E-state index in [1.54, 1.807) is 11.3 Å². The fourth-order valence-electron chi connectivity index (χ4n) is 14.3. The number of hydrogen-bond donors (Lipinski definition) is 0. The lowest BCUT2D eigenvalue weighted by Gasteiger charge is -2.33. The van der Waals surface area contributed by atoms with Gasteiger partial charge in [-0.05, 0) is 192 Å². The van der Waals surface area contributed by atoms with E-state index in [0.29, 0.717) is 0 Å². The minimum absolute atomic E-state index is 0.177. The Hall–Kier alpha value is -8.51. The Balaban J connectivity index is 0.883. The van der Waals surface area contributed by atoms with Gasteiger partial charge < -0.3 is 14.0 Å². The third-order valence-corrected chi connectivity index (χ3v) is 19.3. The molecule has 13 aromatic rings. The molecule has 0 saturated heterocycles. The Morgan fingerprint density at radius 2 is 0.792 bits per heavy atom. The molecule has 2 aliphatic carbocycles. The van der Waals surface area contributed by atoms with Crippen molar-refractivity contribution in [1.29, 1.82) is 0 Å². The monoisotopic (exact) mass is 1010 g/mol. The van der Waals surface area contributed by atoms with Gasteiger partial charge in [0.15, 0.2) is 0 Å². The van der Waals surface area contributed by atoms with E-state index < -0.39 is 0 Å². The zero-order valence-electron chi connectivity index (χ0n) is 44.2. The lowest BCUT2D eigenvalue weighted by molar-refractivity contribution is 0.490. The van der Waals surface area contributed by atoms with Crippen molar-refractivity contribution in [3.8, 4) is 44.2 Å². The largest absolute Gasteiger partial charge is 0.310 e. The Morgan fingerprint density at radius 3 is 1.22 bits per heavy atom. The minimum atomic E-state index is -0.177. The number of nitrogens with zero attached hydrogens (tertiary/aromatic N) is 4. The third-order valence-electron chi connectivity index (χ3n) is 18.2. The summed E-state index contributed by atoms with van der Waals surface area (Å²) >= 11 is 1.76. The van der Waals surface area contributed by atoms with Gasteiger partial charge in [0.25, 0.3) is 0 Å². The predicted molar refractivity (Wildman–Crippen MR) is 327 cm³/mol. The molecule has 0 atom stereocenters.